The summed E-state index contributed by atoms with van der Waals surface area (Å²) in [5.41, 5.74) is 0.704. The molecule has 1 fully saturated rings. The van der Waals surface area contributed by atoms with E-state index in [1.165, 1.54) is 0 Å². The zero-order valence-electron chi connectivity index (χ0n) is 23.2. The fourth-order valence-electron chi connectivity index (χ4n) is 3.74. The van der Waals surface area contributed by atoms with Crippen LogP contribution in [-0.4, -0.2) is 93.0 Å². The number of carbonyl (C=O) groups is 6. The van der Waals surface area contributed by atoms with Crippen LogP contribution < -0.4 is 5.32 Å². The number of nitrogens with one attached hydrogen (secondary N) is 1. The summed E-state index contributed by atoms with van der Waals surface area (Å²) < 4.78 is 42.1. The molecule has 15 heteroatoms. The van der Waals surface area contributed by atoms with Crippen LogP contribution in [0, 0.1) is 0 Å². The van der Waals surface area contributed by atoms with Crippen molar-refractivity contribution in [1.29, 1.82) is 0 Å². The lowest BCUT2D eigenvalue weighted by atomic mass is 10.1. The van der Waals surface area contributed by atoms with Crippen LogP contribution in [0.4, 0.5) is 4.79 Å². The summed E-state index contributed by atoms with van der Waals surface area (Å²) in [7, 11) is 1.09. The third kappa shape index (κ3) is 11.0. The SMILES string of the molecule is COC(=O)[C@H](CO[C@@H]1O[C@@H]([C@@H](COC(C)=O)OC(C)=O)[C@H](OC(C)=O)[C@H]1OC(C)=O)NC(=O)OCc1ccccc1. The summed E-state index contributed by atoms with van der Waals surface area (Å²) in [6.45, 7) is 3.25. The number of esters is 5. The summed E-state index contributed by atoms with van der Waals surface area (Å²) >= 11 is 0. The monoisotopic (exact) mass is 583 g/mol. The maximum Gasteiger partial charge on any atom is 0.408 e. The summed E-state index contributed by atoms with van der Waals surface area (Å²) in [6.07, 6.45) is -7.91. The molecule has 41 heavy (non-hydrogen) atoms. The van der Waals surface area contributed by atoms with Crippen LogP contribution in [0.3, 0.4) is 0 Å². The van der Waals surface area contributed by atoms with Gasteiger partial charge in [0.1, 0.15) is 19.3 Å². The van der Waals surface area contributed by atoms with Gasteiger partial charge in [0, 0.05) is 27.7 Å². The molecule has 1 N–H and O–H groups in total. The normalized spacial score (nSPS) is 21.0. The molecule has 6 atom stereocenters. The van der Waals surface area contributed by atoms with E-state index < -0.39 is 85.9 Å². The average Bonchev–Trinajstić information content (AvgIpc) is 3.22. The maximum atomic E-state index is 12.4. The zero-order chi connectivity index (χ0) is 30.5. The van der Waals surface area contributed by atoms with Gasteiger partial charge in [-0.1, -0.05) is 30.3 Å². The minimum absolute atomic E-state index is 0.0761. The highest BCUT2D eigenvalue weighted by Gasteiger charge is 2.54. The third-order valence-corrected chi connectivity index (χ3v) is 5.36. The fourth-order valence-corrected chi connectivity index (χ4v) is 3.74. The minimum Gasteiger partial charge on any atom is -0.467 e. The molecule has 0 spiro atoms. The summed E-state index contributed by atoms with van der Waals surface area (Å²) in [6, 6.07) is 7.39. The first-order valence-electron chi connectivity index (χ1n) is 12.4. The highest BCUT2D eigenvalue weighted by Crippen LogP contribution is 2.31. The average molecular weight is 584 g/mol. The van der Waals surface area contributed by atoms with Crippen molar-refractivity contribution in [2.24, 2.45) is 0 Å². The first-order chi connectivity index (χ1) is 19.4. The van der Waals surface area contributed by atoms with Gasteiger partial charge in [-0.2, -0.15) is 0 Å². The van der Waals surface area contributed by atoms with Crippen LogP contribution in [0.25, 0.3) is 0 Å². The molecule has 0 aromatic heterocycles. The van der Waals surface area contributed by atoms with Gasteiger partial charge in [0.15, 0.2) is 30.6 Å². The Morgan fingerprint density at radius 2 is 1.46 bits per heavy atom. The molecule has 1 amide bonds. The third-order valence-electron chi connectivity index (χ3n) is 5.36. The summed E-state index contributed by atoms with van der Waals surface area (Å²) in [5, 5.41) is 2.32. The number of ether oxygens (including phenoxy) is 8. The highest BCUT2D eigenvalue weighted by atomic mass is 16.7. The van der Waals surface area contributed by atoms with E-state index in [0.29, 0.717) is 5.56 Å². The lowest BCUT2D eigenvalue weighted by molar-refractivity contribution is -0.202. The molecule has 226 valence electrons. The molecule has 1 aromatic carbocycles. The molecule has 0 radical (unpaired) electrons. The molecule has 1 heterocycles. The second-order valence-corrected chi connectivity index (χ2v) is 8.68. The van der Waals surface area contributed by atoms with Crippen LogP contribution >= 0.6 is 0 Å². The van der Waals surface area contributed by atoms with Crippen LogP contribution in [0.2, 0.25) is 0 Å². The van der Waals surface area contributed by atoms with Crippen LogP contribution in [0.15, 0.2) is 30.3 Å². The van der Waals surface area contributed by atoms with E-state index in [2.05, 4.69) is 5.32 Å². The molecule has 0 aliphatic carbocycles. The number of carbonyl (C=O) groups excluding carboxylic acids is 6. The number of benzene rings is 1. The topological polar surface area (TPSA) is 188 Å². The van der Waals surface area contributed by atoms with E-state index in [9.17, 15) is 28.8 Å². The van der Waals surface area contributed by atoms with Crippen molar-refractivity contribution in [2.45, 2.75) is 71.0 Å². The Morgan fingerprint density at radius 3 is 2.02 bits per heavy atom. The van der Waals surface area contributed by atoms with Crippen LogP contribution in [0.1, 0.15) is 33.3 Å². The Balaban J connectivity index is 2.23. The number of methoxy groups -OCH3 is 1. The molecule has 1 aromatic rings. The van der Waals surface area contributed by atoms with Gasteiger partial charge in [0.2, 0.25) is 0 Å². The van der Waals surface area contributed by atoms with Gasteiger partial charge in [-0.3, -0.25) is 19.2 Å². The van der Waals surface area contributed by atoms with Crippen LogP contribution in [-0.2, 0) is 68.5 Å². The molecule has 1 aliphatic heterocycles. The number of hydrogen-bond acceptors (Lipinski definition) is 14. The van der Waals surface area contributed by atoms with Crippen molar-refractivity contribution in [1.82, 2.24) is 5.32 Å². The fraction of sp³-hybridized carbons (Fsp3) is 0.538. The van der Waals surface area contributed by atoms with E-state index in [-0.39, 0.29) is 6.61 Å². The number of hydrogen-bond donors (Lipinski definition) is 1. The van der Waals surface area contributed by atoms with Crippen molar-refractivity contribution >= 4 is 35.9 Å². The van der Waals surface area contributed by atoms with E-state index in [1.807, 2.05) is 0 Å². The molecule has 0 unspecified atom stereocenters. The van der Waals surface area contributed by atoms with Gasteiger partial charge in [0.05, 0.1) is 13.7 Å². The van der Waals surface area contributed by atoms with Crippen molar-refractivity contribution in [3.05, 3.63) is 35.9 Å². The Labute approximate surface area is 235 Å². The molecule has 2 rings (SSSR count). The second-order valence-electron chi connectivity index (χ2n) is 8.68. The molecular weight excluding hydrogens is 550 g/mol. The molecule has 1 aliphatic rings. The second kappa shape index (κ2) is 16.1. The first kappa shape index (κ1) is 33.0. The Hall–Kier alpha value is -4.24. The molecule has 1 saturated heterocycles. The quantitative estimate of drug-likeness (QED) is 0.250. The summed E-state index contributed by atoms with van der Waals surface area (Å²) in [4.78, 5) is 71.7. The predicted molar refractivity (Wildman–Crippen MR) is 133 cm³/mol. The molecule has 0 bridgehead atoms. The lowest BCUT2D eigenvalue weighted by Crippen LogP contribution is -2.48. The molecular formula is C26H33NO14. The lowest BCUT2D eigenvalue weighted by Gasteiger charge is -2.27. The van der Waals surface area contributed by atoms with Gasteiger partial charge < -0.3 is 43.2 Å². The van der Waals surface area contributed by atoms with Gasteiger partial charge in [-0.25, -0.2) is 9.59 Å². The minimum atomic E-state index is -1.50. The van der Waals surface area contributed by atoms with Gasteiger partial charge >= 0.3 is 35.9 Å². The number of amides is 1. The van der Waals surface area contributed by atoms with Crippen LogP contribution in [0.5, 0.6) is 0 Å². The van der Waals surface area contributed by atoms with E-state index >= 15 is 0 Å². The molecule has 15 nitrogen and oxygen atoms in total. The van der Waals surface area contributed by atoms with E-state index in [0.717, 1.165) is 34.8 Å². The predicted octanol–water partition coefficient (Wildman–Crippen LogP) is 0.554. The van der Waals surface area contributed by atoms with Crippen molar-refractivity contribution in [3.63, 3.8) is 0 Å². The van der Waals surface area contributed by atoms with E-state index in [4.69, 9.17) is 37.9 Å². The highest BCUT2D eigenvalue weighted by molar-refractivity contribution is 5.81. The smallest absolute Gasteiger partial charge is 0.408 e. The largest absolute Gasteiger partial charge is 0.467 e. The van der Waals surface area contributed by atoms with Gasteiger partial charge in [-0.15, -0.1) is 0 Å². The number of alkyl carbamates (subject to hydrolysis) is 1. The Morgan fingerprint density at radius 1 is 0.829 bits per heavy atom. The van der Waals surface area contributed by atoms with E-state index in [1.54, 1.807) is 30.3 Å². The standard InChI is InChI=1S/C26H33NO14/c1-14(28)35-13-20(38-15(2)29)21-22(39-16(3)30)23(40-17(4)31)25(41-21)36-12-19(24(32)34-5)27-26(33)37-11-18-9-7-6-8-10-18/h6-10,19-23,25H,11-13H2,1-5H3,(H,27,33)/t19-,20+,21-,22-,23+,25+/m0/s1. The summed E-state index contributed by atoms with van der Waals surface area (Å²) in [5.74, 6) is -3.97. The van der Waals surface area contributed by atoms with Crippen molar-refractivity contribution in [2.75, 3.05) is 20.3 Å². The van der Waals surface area contributed by atoms with Gasteiger partial charge in [0.25, 0.3) is 0 Å². The maximum absolute atomic E-state index is 12.4. The Kier molecular flexibility index (Phi) is 13.0. The molecule has 0 saturated carbocycles. The zero-order valence-corrected chi connectivity index (χ0v) is 23.2. The number of rotatable bonds is 13. The van der Waals surface area contributed by atoms with Crippen molar-refractivity contribution in [3.8, 4) is 0 Å². The van der Waals surface area contributed by atoms with Gasteiger partial charge in [-0.05, 0) is 5.56 Å². The first-order valence-corrected chi connectivity index (χ1v) is 12.4. The Bertz CT molecular complexity index is 1080. The van der Waals surface area contributed by atoms with Crippen molar-refractivity contribution < 1.29 is 66.7 Å².